The summed E-state index contributed by atoms with van der Waals surface area (Å²) in [4.78, 5) is 10.9. The van der Waals surface area contributed by atoms with Gasteiger partial charge in [-0.05, 0) is 85.9 Å². The molecular formula is C19H25NO2. The maximum absolute atomic E-state index is 10.9. The molecule has 4 saturated carbocycles. The molecule has 2 N–H and O–H groups in total. The van der Waals surface area contributed by atoms with Crippen molar-refractivity contribution >= 4 is 5.97 Å². The number of aromatic carboxylic acids is 1. The molecule has 0 atom stereocenters. The van der Waals surface area contributed by atoms with Crippen molar-refractivity contribution in [3.05, 3.63) is 35.4 Å². The number of benzene rings is 1. The van der Waals surface area contributed by atoms with Gasteiger partial charge in [0.05, 0.1) is 5.56 Å². The Hall–Kier alpha value is -1.35. The standard InChI is InChI=1S/C19H25NO2/c21-19(22)15-3-1-12(2-4-15)10-20-11-18-16-6-13-5-14(8-16)9-17(18)7-13/h1-4,13-14,16-18,20H,5-11H2,(H,21,22). The number of carboxylic acid groups (broad SMARTS) is 1. The predicted molar refractivity (Wildman–Crippen MR) is 85.6 cm³/mol. The summed E-state index contributed by atoms with van der Waals surface area (Å²) in [5.41, 5.74) is 1.54. The number of hydrogen-bond donors (Lipinski definition) is 2. The van der Waals surface area contributed by atoms with E-state index in [1.165, 1.54) is 37.7 Å². The number of hydrogen-bond acceptors (Lipinski definition) is 2. The molecule has 0 radical (unpaired) electrons. The van der Waals surface area contributed by atoms with Crippen LogP contribution in [0.3, 0.4) is 0 Å². The Labute approximate surface area is 132 Å². The predicted octanol–water partition coefficient (Wildman–Crippen LogP) is 3.55. The van der Waals surface area contributed by atoms with Crippen LogP contribution in [0.5, 0.6) is 0 Å². The van der Waals surface area contributed by atoms with Gasteiger partial charge in [0.1, 0.15) is 0 Å². The lowest BCUT2D eigenvalue weighted by atomic mass is 9.52. The summed E-state index contributed by atoms with van der Waals surface area (Å²) in [5, 5.41) is 12.6. The molecule has 3 heteroatoms. The third-order valence-corrected chi connectivity index (χ3v) is 6.33. The van der Waals surface area contributed by atoms with Gasteiger partial charge in [0, 0.05) is 6.54 Å². The van der Waals surface area contributed by atoms with Gasteiger partial charge in [0.2, 0.25) is 0 Å². The van der Waals surface area contributed by atoms with Gasteiger partial charge in [-0.25, -0.2) is 4.79 Å². The molecule has 0 heterocycles. The SMILES string of the molecule is O=C(O)c1ccc(CNCC2C3CC4CC(C3)CC2C4)cc1. The highest BCUT2D eigenvalue weighted by Crippen LogP contribution is 2.56. The van der Waals surface area contributed by atoms with Crippen LogP contribution in [0.15, 0.2) is 24.3 Å². The Balaban J connectivity index is 1.31. The van der Waals surface area contributed by atoms with Crippen molar-refractivity contribution in [2.45, 2.75) is 38.6 Å². The molecule has 4 fully saturated rings. The first-order chi connectivity index (χ1) is 10.7. The Morgan fingerprint density at radius 1 is 1.00 bits per heavy atom. The number of carbonyl (C=O) groups is 1. The van der Waals surface area contributed by atoms with Crippen molar-refractivity contribution in [1.29, 1.82) is 0 Å². The van der Waals surface area contributed by atoms with E-state index in [9.17, 15) is 4.79 Å². The molecule has 3 nitrogen and oxygen atoms in total. The lowest BCUT2D eigenvalue weighted by Crippen LogP contribution is -2.48. The second-order valence-electron chi connectivity index (χ2n) is 7.73. The second kappa shape index (κ2) is 5.69. The summed E-state index contributed by atoms with van der Waals surface area (Å²) in [6.07, 6.45) is 7.43. The fraction of sp³-hybridized carbons (Fsp3) is 0.632. The van der Waals surface area contributed by atoms with E-state index >= 15 is 0 Å². The number of rotatable bonds is 5. The maximum atomic E-state index is 10.9. The topological polar surface area (TPSA) is 49.3 Å². The molecule has 0 aromatic heterocycles. The molecule has 4 aliphatic carbocycles. The molecule has 0 amide bonds. The summed E-state index contributed by atoms with van der Waals surface area (Å²) >= 11 is 0. The minimum Gasteiger partial charge on any atom is -0.478 e. The minimum atomic E-state index is -0.854. The van der Waals surface area contributed by atoms with Crippen LogP contribution in [0.25, 0.3) is 0 Å². The van der Waals surface area contributed by atoms with Crippen LogP contribution in [0.2, 0.25) is 0 Å². The van der Waals surface area contributed by atoms with Gasteiger partial charge in [-0.1, -0.05) is 12.1 Å². The molecule has 1 aromatic carbocycles. The Morgan fingerprint density at radius 2 is 1.59 bits per heavy atom. The number of nitrogens with one attached hydrogen (secondary N) is 1. The lowest BCUT2D eigenvalue weighted by Gasteiger charge is -2.54. The zero-order chi connectivity index (χ0) is 15.1. The highest BCUT2D eigenvalue weighted by atomic mass is 16.4. The highest BCUT2D eigenvalue weighted by molar-refractivity contribution is 5.87. The Bertz CT molecular complexity index is 523. The van der Waals surface area contributed by atoms with Crippen LogP contribution in [0.1, 0.15) is 48.0 Å². The summed E-state index contributed by atoms with van der Waals surface area (Å²) < 4.78 is 0. The van der Waals surface area contributed by atoms with E-state index in [0.29, 0.717) is 5.56 Å². The van der Waals surface area contributed by atoms with Crippen LogP contribution in [-0.4, -0.2) is 17.6 Å². The third kappa shape index (κ3) is 2.67. The van der Waals surface area contributed by atoms with E-state index in [1.807, 2.05) is 12.1 Å². The Kier molecular flexibility index (Phi) is 3.69. The fourth-order valence-electron chi connectivity index (χ4n) is 5.52. The van der Waals surface area contributed by atoms with Gasteiger partial charge in [-0.3, -0.25) is 0 Å². The van der Waals surface area contributed by atoms with E-state index in [0.717, 1.165) is 42.7 Å². The minimum absolute atomic E-state index is 0.366. The molecule has 22 heavy (non-hydrogen) atoms. The normalized spacial score (nSPS) is 35.7. The molecular weight excluding hydrogens is 274 g/mol. The van der Waals surface area contributed by atoms with Gasteiger partial charge in [0.15, 0.2) is 0 Å². The van der Waals surface area contributed by atoms with Gasteiger partial charge >= 0.3 is 5.97 Å². The quantitative estimate of drug-likeness (QED) is 0.874. The zero-order valence-corrected chi connectivity index (χ0v) is 13.0. The van der Waals surface area contributed by atoms with Gasteiger partial charge in [0.25, 0.3) is 0 Å². The van der Waals surface area contributed by atoms with E-state index in [-0.39, 0.29) is 0 Å². The van der Waals surface area contributed by atoms with Gasteiger partial charge < -0.3 is 10.4 Å². The maximum Gasteiger partial charge on any atom is 0.335 e. The highest BCUT2D eigenvalue weighted by Gasteiger charge is 2.47. The average molecular weight is 299 g/mol. The Morgan fingerprint density at radius 3 is 2.14 bits per heavy atom. The largest absolute Gasteiger partial charge is 0.478 e. The van der Waals surface area contributed by atoms with E-state index in [2.05, 4.69) is 5.32 Å². The van der Waals surface area contributed by atoms with E-state index in [4.69, 9.17) is 5.11 Å². The van der Waals surface area contributed by atoms with Crippen molar-refractivity contribution in [2.75, 3.05) is 6.54 Å². The van der Waals surface area contributed by atoms with Crippen molar-refractivity contribution in [3.8, 4) is 0 Å². The van der Waals surface area contributed by atoms with Crippen molar-refractivity contribution < 1.29 is 9.90 Å². The molecule has 5 rings (SSSR count). The molecule has 4 aliphatic rings. The molecule has 118 valence electrons. The lowest BCUT2D eigenvalue weighted by molar-refractivity contribution is -0.0355. The summed E-state index contributed by atoms with van der Waals surface area (Å²) in [7, 11) is 0. The fourth-order valence-corrected chi connectivity index (χ4v) is 5.52. The summed E-state index contributed by atoms with van der Waals surface area (Å²) in [6.45, 7) is 1.98. The van der Waals surface area contributed by atoms with E-state index < -0.39 is 5.97 Å². The number of carboxylic acids is 1. The van der Waals surface area contributed by atoms with Crippen molar-refractivity contribution in [2.24, 2.45) is 29.6 Å². The smallest absolute Gasteiger partial charge is 0.335 e. The summed E-state index contributed by atoms with van der Waals surface area (Å²) in [5.74, 6) is 4.06. The average Bonchev–Trinajstić information content (AvgIpc) is 2.50. The van der Waals surface area contributed by atoms with Crippen LogP contribution in [-0.2, 0) is 6.54 Å². The third-order valence-electron chi connectivity index (χ3n) is 6.33. The van der Waals surface area contributed by atoms with Gasteiger partial charge in [-0.15, -0.1) is 0 Å². The monoisotopic (exact) mass is 299 g/mol. The zero-order valence-electron chi connectivity index (χ0n) is 13.0. The molecule has 4 bridgehead atoms. The van der Waals surface area contributed by atoms with Crippen LogP contribution in [0, 0.1) is 29.6 Å². The van der Waals surface area contributed by atoms with Gasteiger partial charge in [-0.2, -0.15) is 0 Å². The molecule has 0 spiro atoms. The first-order valence-corrected chi connectivity index (χ1v) is 8.72. The van der Waals surface area contributed by atoms with Crippen LogP contribution >= 0.6 is 0 Å². The summed E-state index contributed by atoms with van der Waals surface area (Å²) in [6, 6.07) is 7.24. The second-order valence-corrected chi connectivity index (χ2v) is 7.73. The molecule has 0 unspecified atom stereocenters. The first kappa shape index (κ1) is 14.3. The van der Waals surface area contributed by atoms with Crippen LogP contribution < -0.4 is 5.32 Å². The van der Waals surface area contributed by atoms with E-state index in [1.54, 1.807) is 12.1 Å². The van der Waals surface area contributed by atoms with Crippen LogP contribution in [0.4, 0.5) is 0 Å². The van der Waals surface area contributed by atoms with Crippen molar-refractivity contribution in [1.82, 2.24) is 5.32 Å². The molecule has 0 aliphatic heterocycles. The molecule has 1 aromatic rings. The first-order valence-electron chi connectivity index (χ1n) is 8.72. The molecule has 0 saturated heterocycles. The van der Waals surface area contributed by atoms with Crippen molar-refractivity contribution in [3.63, 3.8) is 0 Å².